The maximum Gasteiger partial charge on any atom is 0.369 e. The molecule has 122 valence electrons. The predicted molar refractivity (Wildman–Crippen MR) is 78.3 cm³/mol. The summed E-state index contributed by atoms with van der Waals surface area (Å²) in [6, 6.07) is 0. The smallest absolute Gasteiger partial charge is 0.368 e. The van der Waals surface area contributed by atoms with Crippen LogP contribution >= 0.6 is 27.8 Å². The van der Waals surface area contributed by atoms with Crippen molar-refractivity contribution in [2.45, 2.75) is 31.8 Å². The highest BCUT2D eigenvalue weighted by molar-refractivity contribution is 7.80. The molecule has 8 nitrogen and oxygen atoms in total. The zero-order valence-corrected chi connectivity index (χ0v) is 14.3. The van der Waals surface area contributed by atoms with E-state index in [0.717, 1.165) is 13.1 Å². The average Bonchev–Trinajstić information content (AvgIpc) is 2.32. The lowest BCUT2D eigenvalue weighted by atomic mass is 10.2. The van der Waals surface area contributed by atoms with Crippen LogP contribution < -0.4 is 0 Å². The minimum absolute atomic E-state index is 0.0644. The van der Waals surface area contributed by atoms with Gasteiger partial charge >= 0.3 is 15.2 Å². The second-order valence-corrected chi connectivity index (χ2v) is 9.10. The monoisotopic (exact) mass is 352 g/mol. The van der Waals surface area contributed by atoms with Crippen molar-refractivity contribution in [2.75, 3.05) is 25.5 Å². The van der Waals surface area contributed by atoms with Gasteiger partial charge in [0.1, 0.15) is 5.88 Å². The van der Waals surface area contributed by atoms with E-state index in [1.54, 1.807) is 0 Å². The largest absolute Gasteiger partial charge is 0.369 e. The third-order valence-corrected chi connectivity index (χ3v) is 8.20. The number of rotatable bonds is 9. The molecular formula is C9H24NO7P2S+. The first-order valence-electron chi connectivity index (χ1n) is 6.18. The Bertz CT molecular complexity index is 373. The molecule has 0 aliphatic carbocycles. The summed E-state index contributed by atoms with van der Waals surface area (Å²) in [6.45, 7) is 5.73. The van der Waals surface area contributed by atoms with E-state index in [9.17, 15) is 14.2 Å². The minimum Gasteiger partial charge on any atom is -0.368 e. The summed E-state index contributed by atoms with van der Waals surface area (Å²) in [6.07, 6.45) is -0.607. The highest BCUT2D eigenvalue weighted by atomic mass is 32.1. The van der Waals surface area contributed by atoms with Crippen LogP contribution in [-0.4, -0.2) is 59.8 Å². The van der Waals surface area contributed by atoms with Crippen LogP contribution in [0.5, 0.6) is 0 Å². The van der Waals surface area contributed by atoms with Crippen LogP contribution in [0, 0.1) is 0 Å². The van der Waals surface area contributed by atoms with Crippen molar-refractivity contribution in [2.24, 2.45) is 0 Å². The lowest BCUT2D eigenvalue weighted by Crippen LogP contribution is -2.48. The molecule has 0 aliphatic heterocycles. The van der Waals surface area contributed by atoms with Gasteiger partial charge in [0.15, 0.2) is 0 Å². The number of quaternary nitrogens is 1. The van der Waals surface area contributed by atoms with Crippen LogP contribution in [-0.2, 0) is 9.13 Å². The number of thiol groups is 1. The molecule has 0 atom stereocenters. The molecule has 0 bridgehead atoms. The second kappa shape index (κ2) is 7.22. The highest BCUT2D eigenvalue weighted by Gasteiger charge is 2.58. The van der Waals surface area contributed by atoms with Crippen molar-refractivity contribution in [3.05, 3.63) is 0 Å². The SMILES string of the molecule is CC[N+](CC)(CS)CCCC(O)(P(=O)(O)O)P(=O)(O)O. The van der Waals surface area contributed by atoms with Crippen LogP contribution in [0.15, 0.2) is 0 Å². The van der Waals surface area contributed by atoms with E-state index in [4.69, 9.17) is 19.6 Å². The maximum atomic E-state index is 11.2. The first-order valence-corrected chi connectivity index (χ1v) is 10.0. The average molecular weight is 352 g/mol. The molecule has 0 aromatic heterocycles. The summed E-state index contributed by atoms with van der Waals surface area (Å²) in [4.78, 5) is 36.1. The van der Waals surface area contributed by atoms with Crippen LogP contribution in [0.4, 0.5) is 0 Å². The number of hydrogen-bond donors (Lipinski definition) is 6. The quantitative estimate of drug-likeness (QED) is 0.154. The van der Waals surface area contributed by atoms with Gasteiger partial charge in [-0.1, -0.05) is 0 Å². The van der Waals surface area contributed by atoms with E-state index in [1.165, 1.54) is 0 Å². The van der Waals surface area contributed by atoms with Gasteiger partial charge in [0.2, 0.25) is 0 Å². The fourth-order valence-electron chi connectivity index (χ4n) is 1.92. The molecule has 0 saturated heterocycles. The van der Waals surface area contributed by atoms with Crippen LogP contribution in [0.2, 0.25) is 0 Å². The molecule has 0 heterocycles. The van der Waals surface area contributed by atoms with Crippen molar-refractivity contribution in [3.8, 4) is 0 Å². The van der Waals surface area contributed by atoms with E-state index >= 15 is 0 Å². The zero-order chi connectivity index (χ0) is 16.2. The molecule has 20 heavy (non-hydrogen) atoms. The lowest BCUT2D eigenvalue weighted by Gasteiger charge is -2.36. The molecule has 0 spiro atoms. The normalized spacial score (nSPS) is 14.6. The van der Waals surface area contributed by atoms with Crippen LogP contribution in [0.3, 0.4) is 0 Å². The van der Waals surface area contributed by atoms with Gasteiger partial charge in [0.25, 0.3) is 5.08 Å². The van der Waals surface area contributed by atoms with Crippen molar-refractivity contribution >= 4 is 27.8 Å². The van der Waals surface area contributed by atoms with E-state index < -0.39 is 26.7 Å². The number of nitrogens with zero attached hydrogens (tertiary/aromatic N) is 1. The minimum atomic E-state index is -5.35. The Morgan fingerprint density at radius 1 is 1.05 bits per heavy atom. The standard InChI is InChI=1S/C9H23NO7P2S/c1-3-10(4-2,8-20)7-5-6-9(11,18(12,13)14)19(15,16)17/h11H,3-8H2,1-2H3,(H4-,12,13,14,15,16,17,20)/p+1. The van der Waals surface area contributed by atoms with Gasteiger partial charge in [-0.15, -0.1) is 12.6 Å². The fourth-order valence-corrected chi connectivity index (χ4v) is 4.72. The van der Waals surface area contributed by atoms with Gasteiger partial charge in [-0.2, -0.15) is 0 Å². The molecule has 0 aromatic rings. The molecule has 0 aliphatic rings. The van der Waals surface area contributed by atoms with Crippen LogP contribution in [0.25, 0.3) is 0 Å². The predicted octanol–water partition coefficient (Wildman–Crippen LogP) is 0.512. The summed E-state index contributed by atoms with van der Waals surface area (Å²) in [5, 5.41) is 6.44. The van der Waals surface area contributed by atoms with Crippen molar-refractivity contribution in [1.82, 2.24) is 0 Å². The van der Waals surface area contributed by atoms with Crippen molar-refractivity contribution in [3.63, 3.8) is 0 Å². The Morgan fingerprint density at radius 3 is 1.70 bits per heavy atom. The van der Waals surface area contributed by atoms with Gasteiger partial charge in [-0.3, -0.25) is 9.13 Å². The Kier molecular flexibility index (Phi) is 7.43. The summed E-state index contributed by atoms with van der Waals surface area (Å²) < 4.78 is 22.9. The van der Waals surface area contributed by atoms with E-state index in [-0.39, 0.29) is 6.42 Å². The zero-order valence-electron chi connectivity index (χ0n) is 11.6. The Hall–Kier alpha value is 0.570. The van der Waals surface area contributed by atoms with Crippen molar-refractivity contribution in [1.29, 1.82) is 0 Å². The lowest BCUT2D eigenvalue weighted by molar-refractivity contribution is -0.913. The van der Waals surface area contributed by atoms with E-state index in [0.29, 0.717) is 16.9 Å². The second-order valence-electron chi connectivity index (χ2n) is 4.81. The molecular weight excluding hydrogens is 328 g/mol. The molecule has 5 N–H and O–H groups in total. The topological polar surface area (TPSA) is 135 Å². The molecule has 0 amide bonds. The summed E-state index contributed by atoms with van der Waals surface area (Å²) >= 11 is 4.22. The van der Waals surface area contributed by atoms with Crippen LogP contribution in [0.1, 0.15) is 26.7 Å². The first kappa shape index (κ1) is 20.6. The van der Waals surface area contributed by atoms with E-state index in [2.05, 4.69) is 12.6 Å². The molecule has 0 radical (unpaired) electrons. The summed E-state index contributed by atoms with van der Waals surface area (Å²) in [5.74, 6) is 0.497. The molecule has 0 fully saturated rings. The Balaban J connectivity index is 5.01. The molecule has 11 heteroatoms. The summed E-state index contributed by atoms with van der Waals surface area (Å²) in [5.41, 5.74) is 0. The Labute approximate surface area is 124 Å². The maximum absolute atomic E-state index is 11.2. The third kappa shape index (κ3) is 4.53. The third-order valence-electron chi connectivity index (χ3n) is 3.72. The van der Waals surface area contributed by atoms with Gasteiger partial charge in [-0.05, 0) is 13.8 Å². The van der Waals surface area contributed by atoms with Crippen molar-refractivity contribution < 1.29 is 38.3 Å². The molecule has 0 rings (SSSR count). The Morgan fingerprint density at radius 2 is 1.45 bits per heavy atom. The number of aliphatic hydroxyl groups is 1. The van der Waals surface area contributed by atoms with Gasteiger partial charge in [-0.25, -0.2) is 0 Å². The highest BCUT2D eigenvalue weighted by Crippen LogP contribution is 2.69. The van der Waals surface area contributed by atoms with E-state index in [1.807, 2.05) is 13.8 Å². The number of hydrogen-bond acceptors (Lipinski definition) is 4. The molecule has 0 aromatic carbocycles. The summed E-state index contributed by atoms with van der Waals surface area (Å²) in [7, 11) is -10.7. The molecule has 0 unspecified atom stereocenters. The van der Waals surface area contributed by atoms with Gasteiger partial charge < -0.3 is 29.2 Å². The van der Waals surface area contributed by atoms with Gasteiger partial charge in [0, 0.05) is 12.8 Å². The molecule has 0 saturated carbocycles. The van der Waals surface area contributed by atoms with Gasteiger partial charge in [0.05, 0.1) is 19.6 Å². The fraction of sp³-hybridized carbons (Fsp3) is 1.00. The first-order chi connectivity index (χ1) is 8.89.